The molecule has 5 rings (SSSR count). The topological polar surface area (TPSA) is 60.2 Å². The van der Waals surface area contributed by atoms with Crippen molar-refractivity contribution >= 4 is 34.9 Å². The monoisotopic (exact) mass is 420 g/mol. The van der Waals surface area contributed by atoms with Crippen molar-refractivity contribution in [2.75, 3.05) is 0 Å². The zero-order valence-corrected chi connectivity index (χ0v) is 17.0. The molecule has 0 saturated carbocycles. The lowest BCUT2D eigenvalue weighted by atomic mass is 9.82. The molecule has 1 unspecified atom stereocenters. The molecule has 1 atom stereocenters. The van der Waals surface area contributed by atoms with Crippen LogP contribution in [-0.4, -0.2) is 25.4 Å². The Hall–Kier alpha value is -2.70. The van der Waals surface area contributed by atoms with Crippen LogP contribution in [0, 0.1) is 0 Å². The second-order valence-corrected chi connectivity index (χ2v) is 8.47. The van der Waals surface area contributed by atoms with Crippen LogP contribution in [0.1, 0.15) is 39.5 Å². The summed E-state index contributed by atoms with van der Waals surface area (Å²) in [6.45, 7) is 0. The first-order chi connectivity index (χ1) is 14.2. The summed E-state index contributed by atoms with van der Waals surface area (Å²) in [7, 11) is 0. The molecular weight excluding hydrogens is 404 g/mol. The number of Topliss-reactive ketones (excluding diaryl/α,β-unsaturated/α-hetero) is 1. The normalized spacial score (nSPS) is 16.2. The molecule has 0 saturated heterocycles. The molecule has 2 aromatic carbocycles. The molecule has 2 aromatic heterocycles. The average molecular weight is 421 g/mol. The van der Waals surface area contributed by atoms with Crippen LogP contribution in [-0.2, 0) is 12.2 Å². The van der Waals surface area contributed by atoms with Crippen molar-refractivity contribution in [2.24, 2.45) is 0 Å². The summed E-state index contributed by atoms with van der Waals surface area (Å²) in [5.74, 6) is 1.52. The highest BCUT2D eigenvalue weighted by molar-refractivity contribution is 7.98. The highest BCUT2D eigenvalue weighted by Crippen LogP contribution is 2.32. The van der Waals surface area contributed by atoms with E-state index >= 15 is 0 Å². The number of hydrogen-bond acceptors (Lipinski definition) is 5. The summed E-state index contributed by atoms with van der Waals surface area (Å²) in [5, 5.41) is 5.85. The van der Waals surface area contributed by atoms with E-state index in [0.29, 0.717) is 34.4 Å². The molecule has 0 amide bonds. The minimum atomic E-state index is 0.0922. The number of nitrogens with zero attached hydrogens (tertiary/aromatic N) is 4. The Balaban J connectivity index is 1.41. The Morgan fingerprint density at radius 3 is 2.62 bits per heavy atom. The van der Waals surface area contributed by atoms with Crippen molar-refractivity contribution in [3.05, 3.63) is 88.2 Å². The molecule has 0 N–H and O–H groups in total. The fraction of sp³-hybridized carbons (Fsp3) is 0.182. The van der Waals surface area contributed by atoms with Crippen molar-refractivity contribution in [3.63, 3.8) is 0 Å². The van der Waals surface area contributed by atoms with E-state index in [4.69, 9.17) is 11.6 Å². The number of rotatable bonds is 4. The van der Waals surface area contributed by atoms with E-state index in [9.17, 15) is 4.79 Å². The van der Waals surface area contributed by atoms with Gasteiger partial charge in [-0.25, -0.2) is 9.50 Å². The van der Waals surface area contributed by atoms with Gasteiger partial charge in [-0.1, -0.05) is 65.8 Å². The molecule has 1 aliphatic rings. The third-order valence-corrected chi connectivity index (χ3v) is 6.28. The highest BCUT2D eigenvalue weighted by atomic mass is 35.5. The number of aromatic nitrogens is 4. The summed E-state index contributed by atoms with van der Waals surface area (Å²) in [6, 6.07) is 17.9. The molecule has 0 spiro atoms. The molecule has 1 aliphatic carbocycles. The molecule has 0 bridgehead atoms. The average Bonchev–Trinajstić information content (AvgIpc) is 3.14. The van der Waals surface area contributed by atoms with Crippen LogP contribution in [0.2, 0.25) is 5.02 Å². The van der Waals surface area contributed by atoms with Crippen LogP contribution >= 0.6 is 23.4 Å². The van der Waals surface area contributed by atoms with Crippen molar-refractivity contribution < 1.29 is 4.79 Å². The van der Waals surface area contributed by atoms with E-state index in [1.54, 1.807) is 22.5 Å². The van der Waals surface area contributed by atoms with Gasteiger partial charge in [-0.05, 0) is 35.6 Å². The molecule has 5 nitrogen and oxygen atoms in total. The van der Waals surface area contributed by atoms with Gasteiger partial charge in [-0.3, -0.25) is 4.79 Å². The van der Waals surface area contributed by atoms with E-state index < -0.39 is 0 Å². The number of halogens is 1. The van der Waals surface area contributed by atoms with Crippen LogP contribution in [0.4, 0.5) is 0 Å². The maximum atomic E-state index is 12.8. The first-order valence-corrected chi connectivity index (χ1v) is 10.7. The first kappa shape index (κ1) is 18.3. The van der Waals surface area contributed by atoms with Gasteiger partial charge in [0.1, 0.15) is 0 Å². The lowest BCUT2D eigenvalue weighted by Crippen LogP contribution is -2.21. The van der Waals surface area contributed by atoms with Crippen LogP contribution < -0.4 is 0 Å². The Morgan fingerprint density at radius 1 is 1.03 bits per heavy atom. The molecule has 0 aliphatic heterocycles. The molecule has 29 heavy (non-hydrogen) atoms. The van der Waals surface area contributed by atoms with Gasteiger partial charge in [0.25, 0.3) is 5.78 Å². The maximum Gasteiger partial charge on any atom is 0.253 e. The second kappa shape index (κ2) is 7.61. The number of ketones is 1. The number of thioether (sulfide) groups is 1. The number of benzene rings is 2. The zero-order valence-electron chi connectivity index (χ0n) is 15.5. The Kier molecular flexibility index (Phi) is 4.81. The molecule has 7 heteroatoms. The fourth-order valence-corrected chi connectivity index (χ4v) is 4.52. The van der Waals surface area contributed by atoms with Gasteiger partial charge in [-0.2, -0.15) is 4.98 Å². The van der Waals surface area contributed by atoms with Gasteiger partial charge < -0.3 is 0 Å². The Bertz CT molecular complexity index is 1190. The van der Waals surface area contributed by atoms with Crippen molar-refractivity contribution in [1.29, 1.82) is 0 Å². The standard InChI is InChI=1S/C22H17ClN4OS/c23-17-8-6-15(7-9-17)16-10-19-18(20(28)11-16)12-27-21(24-19)25-22(26-27)29-13-14-4-2-1-3-5-14/h1-9,12,16H,10-11,13H2. The van der Waals surface area contributed by atoms with Gasteiger partial charge in [-0.15, -0.1) is 5.10 Å². The molecule has 0 fully saturated rings. The third kappa shape index (κ3) is 3.78. The molecule has 144 valence electrons. The number of carbonyl (C=O) groups is 1. The van der Waals surface area contributed by atoms with Crippen LogP contribution in [0.15, 0.2) is 66.0 Å². The van der Waals surface area contributed by atoms with Gasteiger partial charge in [0.2, 0.25) is 5.16 Å². The van der Waals surface area contributed by atoms with Gasteiger partial charge in [0.05, 0.1) is 11.3 Å². The van der Waals surface area contributed by atoms with Crippen molar-refractivity contribution in [1.82, 2.24) is 19.6 Å². The van der Waals surface area contributed by atoms with Crippen LogP contribution in [0.3, 0.4) is 0 Å². The van der Waals surface area contributed by atoms with E-state index in [-0.39, 0.29) is 11.7 Å². The summed E-state index contributed by atoms with van der Waals surface area (Å²) < 4.78 is 1.62. The van der Waals surface area contributed by atoms with Crippen molar-refractivity contribution in [3.8, 4) is 0 Å². The lowest BCUT2D eigenvalue weighted by molar-refractivity contribution is 0.0962. The number of fused-ring (bicyclic) bond motifs is 2. The van der Waals surface area contributed by atoms with Gasteiger partial charge in [0.15, 0.2) is 5.78 Å². The third-order valence-electron chi connectivity index (χ3n) is 5.12. The Labute approximate surface area is 177 Å². The van der Waals surface area contributed by atoms with Gasteiger partial charge in [0, 0.05) is 23.4 Å². The fourth-order valence-electron chi connectivity index (χ4n) is 3.62. The second-order valence-electron chi connectivity index (χ2n) is 7.09. The molecular formula is C22H17ClN4OS. The summed E-state index contributed by atoms with van der Waals surface area (Å²) in [6.07, 6.45) is 2.95. The maximum absolute atomic E-state index is 12.8. The van der Waals surface area contributed by atoms with E-state index in [2.05, 4.69) is 27.2 Å². The predicted molar refractivity (Wildman–Crippen MR) is 114 cm³/mol. The summed E-state index contributed by atoms with van der Waals surface area (Å²) in [4.78, 5) is 22.0. The van der Waals surface area contributed by atoms with E-state index in [1.807, 2.05) is 42.5 Å². The smallest absolute Gasteiger partial charge is 0.253 e. The summed E-state index contributed by atoms with van der Waals surface area (Å²) >= 11 is 7.55. The van der Waals surface area contributed by atoms with E-state index in [1.165, 1.54) is 5.56 Å². The minimum absolute atomic E-state index is 0.0922. The molecule has 2 heterocycles. The SMILES string of the molecule is O=C1CC(c2ccc(Cl)cc2)Cc2nc3nc(SCc4ccccc4)nn3cc21. The minimum Gasteiger partial charge on any atom is -0.294 e. The number of carbonyl (C=O) groups excluding carboxylic acids is 1. The zero-order chi connectivity index (χ0) is 19.8. The molecule has 4 aromatic rings. The first-order valence-electron chi connectivity index (χ1n) is 9.37. The summed E-state index contributed by atoms with van der Waals surface area (Å²) in [5.41, 5.74) is 3.76. The van der Waals surface area contributed by atoms with E-state index in [0.717, 1.165) is 17.0 Å². The predicted octanol–water partition coefficient (Wildman–Crippen LogP) is 4.98. The van der Waals surface area contributed by atoms with Crippen molar-refractivity contribution in [2.45, 2.75) is 29.7 Å². The Morgan fingerprint density at radius 2 is 1.83 bits per heavy atom. The van der Waals surface area contributed by atoms with Gasteiger partial charge >= 0.3 is 0 Å². The van der Waals surface area contributed by atoms with Crippen LogP contribution in [0.5, 0.6) is 0 Å². The lowest BCUT2D eigenvalue weighted by Gasteiger charge is -2.23. The number of hydrogen-bond donors (Lipinski definition) is 0. The highest BCUT2D eigenvalue weighted by Gasteiger charge is 2.28. The quantitative estimate of drug-likeness (QED) is 0.435. The van der Waals surface area contributed by atoms with Crippen LogP contribution in [0.25, 0.3) is 5.78 Å². The largest absolute Gasteiger partial charge is 0.294 e. The molecule has 0 radical (unpaired) electrons.